The van der Waals surface area contributed by atoms with Crippen molar-refractivity contribution in [3.05, 3.63) is 58.6 Å². The lowest BCUT2D eigenvalue weighted by molar-refractivity contribution is -0.123. The molecule has 0 unspecified atom stereocenters. The molecular formula is C20H19ClN2O4. The molecule has 0 aliphatic carbocycles. The van der Waals surface area contributed by atoms with Crippen LogP contribution in [0.15, 0.2) is 42.5 Å². The quantitative estimate of drug-likeness (QED) is 0.742. The highest BCUT2D eigenvalue weighted by Gasteiger charge is 2.24. The van der Waals surface area contributed by atoms with E-state index in [1.165, 1.54) is 0 Å². The Morgan fingerprint density at radius 1 is 1.22 bits per heavy atom. The molecule has 0 bridgehead atoms. The summed E-state index contributed by atoms with van der Waals surface area (Å²) in [5, 5.41) is 3.08. The van der Waals surface area contributed by atoms with Crippen LogP contribution < -0.4 is 15.0 Å². The number of nitrogens with zero attached hydrogens (tertiary/aromatic N) is 1. The third kappa shape index (κ3) is 4.46. The van der Waals surface area contributed by atoms with Gasteiger partial charge in [0.25, 0.3) is 5.91 Å². The molecule has 3 rings (SSSR count). The van der Waals surface area contributed by atoms with Gasteiger partial charge >= 0.3 is 0 Å². The molecule has 0 saturated heterocycles. The zero-order valence-corrected chi connectivity index (χ0v) is 15.6. The Morgan fingerprint density at radius 3 is 2.78 bits per heavy atom. The first kappa shape index (κ1) is 18.9. The number of ketones is 1. The normalized spacial score (nSPS) is 12.7. The summed E-state index contributed by atoms with van der Waals surface area (Å²) in [5.41, 5.74) is 2.23. The number of fused-ring (bicyclic) bond motifs is 1. The largest absolute Gasteiger partial charge is 0.482 e. The minimum atomic E-state index is -0.330. The fourth-order valence-electron chi connectivity index (χ4n) is 2.86. The Kier molecular flexibility index (Phi) is 5.76. The number of hydrogen-bond acceptors (Lipinski definition) is 4. The maximum absolute atomic E-state index is 12.3. The van der Waals surface area contributed by atoms with Crippen molar-refractivity contribution in [1.29, 1.82) is 0 Å². The van der Waals surface area contributed by atoms with Crippen LogP contribution >= 0.6 is 11.6 Å². The molecule has 6 nitrogen and oxygen atoms in total. The maximum Gasteiger partial charge on any atom is 0.257 e. The van der Waals surface area contributed by atoms with E-state index in [0.717, 1.165) is 11.3 Å². The lowest BCUT2D eigenvalue weighted by Gasteiger charge is -2.10. The molecule has 0 fully saturated rings. The zero-order chi connectivity index (χ0) is 19.4. The standard InChI is InChI=1S/C20H19ClN2O4/c1-23-16-7-6-13(10-14(16)11-20(23)26)17(24)8-9-22-19(25)12-27-18-5-3-2-4-15(18)21/h2-7,10H,8-9,11-12H2,1H3,(H,22,25). The molecule has 27 heavy (non-hydrogen) atoms. The van der Waals surface area contributed by atoms with Gasteiger partial charge in [-0.05, 0) is 35.9 Å². The van der Waals surface area contributed by atoms with Crippen LogP contribution in [0.3, 0.4) is 0 Å². The predicted octanol–water partition coefficient (Wildman–Crippen LogP) is 2.63. The van der Waals surface area contributed by atoms with Crippen molar-refractivity contribution in [3.63, 3.8) is 0 Å². The Morgan fingerprint density at radius 2 is 2.00 bits per heavy atom. The number of likely N-dealkylation sites (N-methyl/N-ethyl adjacent to an activating group) is 1. The van der Waals surface area contributed by atoms with E-state index in [1.807, 2.05) is 0 Å². The van der Waals surface area contributed by atoms with Gasteiger partial charge < -0.3 is 15.0 Å². The van der Waals surface area contributed by atoms with Crippen molar-refractivity contribution in [1.82, 2.24) is 5.32 Å². The molecule has 0 atom stereocenters. The number of rotatable bonds is 7. The van der Waals surface area contributed by atoms with Crippen molar-refractivity contribution in [2.24, 2.45) is 0 Å². The number of carbonyl (C=O) groups is 3. The highest BCUT2D eigenvalue weighted by atomic mass is 35.5. The third-order valence-electron chi connectivity index (χ3n) is 4.35. The average Bonchev–Trinajstić information content (AvgIpc) is 2.94. The second-order valence-corrected chi connectivity index (χ2v) is 6.62. The van der Waals surface area contributed by atoms with E-state index in [1.54, 1.807) is 54.4 Å². The van der Waals surface area contributed by atoms with Gasteiger partial charge in [-0.25, -0.2) is 0 Å². The average molecular weight is 387 g/mol. The van der Waals surface area contributed by atoms with Gasteiger partial charge in [-0.15, -0.1) is 0 Å². The summed E-state index contributed by atoms with van der Waals surface area (Å²) in [6.45, 7) is 0.0324. The lowest BCUT2D eigenvalue weighted by Crippen LogP contribution is -2.30. The van der Waals surface area contributed by atoms with Crippen LogP contribution in [0.1, 0.15) is 22.3 Å². The second-order valence-electron chi connectivity index (χ2n) is 6.22. The fraction of sp³-hybridized carbons (Fsp3) is 0.250. The first-order chi connectivity index (χ1) is 13.0. The summed E-state index contributed by atoms with van der Waals surface area (Å²) >= 11 is 5.95. The Bertz CT molecular complexity index is 897. The van der Waals surface area contributed by atoms with Crippen molar-refractivity contribution in [2.75, 3.05) is 25.1 Å². The molecule has 0 radical (unpaired) electrons. The van der Waals surface area contributed by atoms with Crippen molar-refractivity contribution in [2.45, 2.75) is 12.8 Å². The number of nitrogens with one attached hydrogen (secondary N) is 1. The first-order valence-electron chi connectivity index (χ1n) is 8.52. The summed E-state index contributed by atoms with van der Waals surface area (Å²) in [5.74, 6) is 0.0273. The monoisotopic (exact) mass is 386 g/mol. The summed E-state index contributed by atoms with van der Waals surface area (Å²) < 4.78 is 5.35. The van der Waals surface area contributed by atoms with E-state index in [-0.39, 0.29) is 37.2 Å². The summed E-state index contributed by atoms with van der Waals surface area (Å²) in [4.78, 5) is 37.5. The van der Waals surface area contributed by atoms with Gasteiger partial charge in [0.15, 0.2) is 12.4 Å². The topological polar surface area (TPSA) is 75.7 Å². The van der Waals surface area contributed by atoms with Gasteiger partial charge in [0, 0.05) is 31.3 Å². The number of hydrogen-bond donors (Lipinski definition) is 1. The van der Waals surface area contributed by atoms with Crippen LogP contribution in [0.5, 0.6) is 5.75 Å². The Hall–Kier alpha value is -2.86. The van der Waals surface area contributed by atoms with Gasteiger partial charge in [-0.3, -0.25) is 14.4 Å². The molecule has 1 aliphatic rings. The second kappa shape index (κ2) is 8.22. The molecule has 2 aromatic carbocycles. The number of carbonyl (C=O) groups excluding carboxylic acids is 3. The minimum Gasteiger partial charge on any atom is -0.482 e. The molecular weight excluding hydrogens is 368 g/mol. The van der Waals surface area contributed by atoms with Crippen LogP contribution in [0.2, 0.25) is 5.02 Å². The lowest BCUT2D eigenvalue weighted by atomic mass is 10.0. The number of Topliss-reactive ketones (excluding diaryl/α,β-unsaturated/α-hetero) is 1. The van der Waals surface area contributed by atoms with Crippen LogP contribution in [0.4, 0.5) is 5.69 Å². The number of halogens is 1. The molecule has 140 valence electrons. The Balaban J connectivity index is 1.46. The maximum atomic E-state index is 12.3. The number of ether oxygens (including phenoxy) is 1. The van der Waals surface area contributed by atoms with Crippen LogP contribution in [-0.4, -0.2) is 37.8 Å². The molecule has 2 amide bonds. The molecule has 2 aromatic rings. The molecule has 1 heterocycles. The van der Waals surface area contributed by atoms with E-state index in [4.69, 9.17) is 16.3 Å². The third-order valence-corrected chi connectivity index (χ3v) is 4.66. The fourth-order valence-corrected chi connectivity index (χ4v) is 3.05. The highest BCUT2D eigenvalue weighted by molar-refractivity contribution is 6.32. The number of benzene rings is 2. The van der Waals surface area contributed by atoms with E-state index < -0.39 is 0 Å². The molecule has 0 spiro atoms. The van der Waals surface area contributed by atoms with Gasteiger partial charge in [0.05, 0.1) is 11.4 Å². The van der Waals surface area contributed by atoms with Crippen LogP contribution in [0.25, 0.3) is 0 Å². The molecule has 1 N–H and O–H groups in total. The van der Waals surface area contributed by atoms with E-state index in [0.29, 0.717) is 22.8 Å². The smallest absolute Gasteiger partial charge is 0.257 e. The summed E-state index contributed by atoms with van der Waals surface area (Å²) in [6, 6.07) is 12.1. The Labute approximate surface area is 162 Å². The molecule has 7 heteroatoms. The van der Waals surface area contributed by atoms with Crippen molar-refractivity contribution >= 4 is 34.9 Å². The molecule has 0 saturated carbocycles. The summed E-state index contributed by atoms with van der Waals surface area (Å²) in [7, 11) is 1.72. The summed E-state index contributed by atoms with van der Waals surface area (Å²) in [6.07, 6.45) is 0.476. The van der Waals surface area contributed by atoms with Crippen LogP contribution in [0, 0.1) is 0 Å². The first-order valence-corrected chi connectivity index (χ1v) is 8.90. The van der Waals surface area contributed by atoms with Crippen molar-refractivity contribution in [3.8, 4) is 5.75 Å². The minimum absolute atomic E-state index is 0.0142. The van der Waals surface area contributed by atoms with E-state index in [2.05, 4.69) is 5.32 Å². The van der Waals surface area contributed by atoms with Crippen LogP contribution in [-0.2, 0) is 16.0 Å². The van der Waals surface area contributed by atoms with E-state index in [9.17, 15) is 14.4 Å². The van der Waals surface area contributed by atoms with Gasteiger partial charge in [0.1, 0.15) is 5.75 Å². The predicted molar refractivity (Wildman–Crippen MR) is 102 cm³/mol. The van der Waals surface area contributed by atoms with E-state index >= 15 is 0 Å². The van der Waals surface area contributed by atoms with Gasteiger partial charge in [-0.1, -0.05) is 23.7 Å². The number of amides is 2. The van der Waals surface area contributed by atoms with Gasteiger partial charge in [0.2, 0.25) is 5.91 Å². The highest BCUT2D eigenvalue weighted by Crippen LogP contribution is 2.28. The van der Waals surface area contributed by atoms with Crippen molar-refractivity contribution < 1.29 is 19.1 Å². The van der Waals surface area contributed by atoms with Gasteiger partial charge in [-0.2, -0.15) is 0 Å². The molecule has 1 aliphatic heterocycles. The molecule has 0 aromatic heterocycles. The number of para-hydroxylation sites is 1. The number of anilines is 1. The zero-order valence-electron chi connectivity index (χ0n) is 14.8. The SMILES string of the molecule is CN1C(=O)Cc2cc(C(=O)CCNC(=O)COc3ccccc3Cl)ccc21.